The molecule has 12 rings (SSSR count). The standard InChI is InChI=1S/C53H32N2O/c1-3-15-33(16-4-1)46-32-47(34-17-5-2-6-18-34)55-52(54-46)36-20-13-19-35(31-36)37-24-14-25-42-49-45(30-29-41-40-23-9-12-28-48(40)56-51(41)49)53(50(37)42)43-26-10-7-21-38(43)39-22-8-11-27-44(39)53/h1-32H. The molecule has 0 saturated carbocycles. The third kappa shape index (κ3) is 4.28. The Kier molecular flexibility index (Phi) is 6.55. The summed E-state index contributed by atoms with van der Waals surface area (Å²) in [6.45, 7) is 0. The summed E-state index contributed by atoms with van der Waals surface area (Å²) in [5.41, 5.74) is 18.5. The zero-order valence-corrected chi connectivity index (χ0v) is 30.3. The lowest BCUT2D eigenvalue weighted by atomic mass is 9.68. The minimum atomic E-state index is -0.554. The molecule has 56 heavy (non-hydrogen) atoms. The monoisotopic (exact) mass is 712 g/mol. The Labute approximate surface area is 324 Å². The predicted molar refractivity (Wildman–Crippen MR) is 227 cm³/mol. The number of benzene rings is 8. The lowest BCUT2D eigenvalue weighted by Gasteiger charge is -2.32. The topological polar surface area (TPSA) is 38.9 Å². The van der Waals surface area contributed by atoms with Crippen LogP contribution in [-0.4, -0.2) is 9.97 Å². The van der Waals surface area contributed by atoms with E-state index in [1.165, 1.54) is 50.1 Å². The highest BCUT2D eigenvalue weighted by molar-refractivity contribution is 6.14. The smallest absolute Gasteiger partial charge is 0.160 e. The highest BCUT2D eigenvalue weighted by Crippen LogP contribution is 2.65. The summed E-state index contributed by atoms with van der Waals surface area (Å²) in [6.07, 6.45) is 0. The number of hydrogen-bond acceptors (Lipinski definition) is 3. The maximum atomic E-state index is 6.83. The van der Waals surface area contributed by atoms with Crippen LogP contribution >= 0.6 is 0 Å². The first-order valence-electron chi connectivity index (χ1n) is 19.2. The maximum absolute atomic E-state index is 6.83. The fraction of sp³-hybridized carbons (Fsp3) is 0.0189. The van der Waals surface area contributed by atoms with Gasteiger partial charge in [-0.15, -0.1) is 0 Å². The van der Waals surface area contributed by atoms with E-state index in [0.717, 1.165) is 55.6 Å². The molecule has 0 N–H and O–H groups in total. The van der Waals surface area contributed by atoms with Gasteiger partial charge in [-0.05, 0) is 68.3 Å². The van der Waals surface area contributed by atoms with Gasteiger partial charge < -0.3 is 4.42 Å². The van der Waals surface area contributed by atoms with Gasteiger partial charge in [0.05, 0.1) is 16.8 Å². The molecule has 0 bridgehead atoms. The van der Waals surface area contributed by atoms with Gasteiger partial charge in [-0.2, -0.15) is 0 Å². The summed E-state index contributed by atoms with van der Waals surface area (Å²) in [6, 6.07) is 69.4. The lowest BCUT2D eigenvalue weighted by molar-refractivity contribution is 0.669. The van der Waals surface area contributed by atoms with Crippen LogP contribution in [0, 0.1) is 0 Å². The van der Waals surface area contributed by atoms with Crippen molar-refractivity contribution in [2.75, 3.05) is 0 Å². The van der Waals surface area contributed by atoms with Gasteiger partial charge >= 0.3 is 0 Å². The van der Waals surface area contributed by atoms with Crippen molar-refractivity contribution in [1.29, 1.82) is 0 Å². The van der Waals surface area contributed by atoms with Crippen molar-refractivity contribution in [3.63, 3.8) is 0 Å². The Hall–Kier alpha value is -7.36. The summed E-state index contributed by atoms with van der Waals surface area (Å²) in [4.78, 5) is 10.4. The Balaban J connectivity index is 1.13. The van der Waals surface area contributed by atoms with Crippen LogP contribution in [0.15, 0.2) is 199 Å². The van der Waals surface area contributed by atoms with Gasteiger partial charge in [0.2, 0.25) is 0 Å². The number of fused-ring (bicyclic) bond motifs is 14. The fourth-order valence-electron chi connectivity index (χ4n) is 9.62. The predicted octanol–water partition coefficient (Wildman–Crippen LogP) is 13.4. The molecule has 3 heteroatoms. The zero-order chi connectivity index (χ0) is 36.8. The lowest BCUT2D eigenvalue weighted by Crippen LogP contribution is -2.26. The van der Waals surface area contributed by atoms with E-state index in [4.69, 9.17) is 14.4 Å². The molecule has 8 aromatic carbocycles. The first-order chi connectivity index (χ1) is 27.8. The molecule has 10 aromatic rings. The normalized spacial score (nSPS) is 13.1. The molecule has 0 aliphatic heterocycles. The van der Waals surface area contributed by atoms with Crippen LogP contribution in [0.25, 0.3) is 89.2 Å². The third-order valence-electron chi connectivity index (χ3n) is 11.9. The summed E-state index contributed by atoms with van der Waals surface area (Å²) in [5.74, 6) is 0.693. The Morgan fingerprint density at radius 1 is 0.375 bits per heavy atom. The molecule has 0 atom stereocenters. The van der Waals surface area contributed by atoms with E-state index in [1.807, 2.05) is 12.1 Å². The van der Waals surface area contributed by atoms with E-state index in [-0.39, 0.29) is 0 Å². The van der Waals surface area contributed by atoms with Crippen LogP contribution in [0.1, 0.15) is 22.3 Å². The van der Waals surface area contributed by atoms with E-state index in [9.17, 15) is 0 Å². The molecule has 1 spiro atoms. The van der Waals surface area contributed by atoms with Gasteiger partial charge in [-0.3, -0.25) is 0 Å². The van der Waals surface area contributed by atoms with Crippen molar-refractivity contribution >= 4 is 21.9 Å². The second-order valence-corrected chi connectivity index (χ2v) is 14.8. The molecule has 0 saturated heterocycles. The van der Waals surface area contributed by atoms with E-state index in [0.29, 0.717) is 5.82 Å². The maximum Gasteiger partial charge on any atom is 0.160 e. The first kappa shape index (κ1) is 31.0. The molecule has 0 radical (unpaired) electrons. The third-order valence-corrected chi connectivity index (χ3v) is 11.9. The number of aromatic nitrogens is 2. The SMILES string of the molecule is c1ccc(-c2cc(-c3ccccc3)nc(-c3cccc(-c4cccc5c4C4(c6ccccc6-c6ccccc64)c4ccc6c(oc7ccccc76)c4-5)c3)n2)cc1. The summed E-state index contributed by atoms with van der Waals surface area (Å²) < 4.78 is 6.83. The van der Waals surface area contributed by atoms with Crippen molar-refractivity contribution in [1.82, 2.24) is 9.97 Å². The van der Waals surface area contributed by atoms with Crippen molar-refractivity contribution in [2.24, 2.45) is 0 Å². The highest BCUT2D eigenvalue weighted by atomic mass is 16.3. The van der Waals surface area contributed by atoms with Crippen LogP contribution in [0.4, 0.5) is 0 Å². The zero-order valence-electron chi connectivity index (χ0n) is 30.3. The average molecular weight is 713 g/mol. The van der Waals surface area contributed by atoms with Gasteiger partial charge in [0.1, 0.15) is 11.2 Å². The largest absolute Gasteiger partial charge is 0.455 e. The molecule has 0 amide bonds. The van der Waals surface area contributed by atoms with Gasteiger partial charge in [0.15, 0.2) is 5.82 Å². The molecular weight excluding hydrogens is 681 g/mol. The minimum Gasteiger partial charge on any atom is -0.455 e. The summed E-state index contributed by atoms with van der Waals surface area (Å²) >= 11 is 0. The van der Waals surface area contributed by atoms with Gasteiger partial charge in [0, 0.05) is 33.0 Å². The van der Waals surface area contributed by atoms with Gasteiger partial charge in [0.25, 0.3) is 0 Å². The Bertz CT molecular complexity index is 3090. The number of rotatable bonds is 4. The van der Waals surface area contributed by atoms with Crippen LogP contribution in [0.2, 0.25) is 0 Å². The molecule has 260 valence electrons. The van der Waals surface area contributed by atoms with Crippen LogP contribution < -0.4 is 0 Å². The quantitative estimate of drug-likeness (QED) is 0.182. The van der Waals surface area contributed by atoms with Crippen molar-refractivity contribution < 1.29 is 4.42 Å². The van der Waals surface area contributed by atoms with Gasteiger partial charge in [-0.1, -0.05) is 176 Å². The fourth-order valence-corrected chi connectivity index (χ4v) is 9.62. The molecule has 2 aliphatic carbocycles. The Morgan fingerprint density at radius 2 is 0.929 bits per heavy atom. The average Bonchev–Trinajstić information content (AvgIpc) is 3.91. The van der Waals surface area contributed by atoms with Crippen molar-refractivity contribution in [3.05, 3.63) is 216 Å². The number of para-hydroxylation sites is 1. The molecular formula is C53H32N2O. The van der Waals surface area contributed by atoms with Crippen LogP contribution in [0.5, 0.6) is 0 Å². The van der Waals surface area contributed by atoms with E-state index in [1.54, 1.807) is 0 Å². The Morgan fingerprint density at radius 3 is 1.64 bits per heavy atom. The van der Waals surface area contributed by atoms with Crippen LogP contribution in [-0.2, 0) is 5.41 Å². The van der Waals surface area contributed by atoms with E-state index >= 15 is 0 Å². The second kappa shape index (κ2) is 11.8. The molecule has 3 nitrogen and oxygen atoms in total. The number of furan rings is 1. The van der Waals surface area contributed by atoms with Crippen molar-refractivity contribution in [2.45, 2.75) is 5.41 Å². The first-order valence-corrected chi connectivity index (χ1v) is 19.2. The van der Waals surface area contributed by atoms with E-state index < -0.39 is 5.41 Å². The van der Waals surface area contributed by atoms with Gasteiger partial charge in [-0.25, -0.2) is 9.97 Å². The molecule has 0 unspecified atom stereocenters. The number of hydrogen-bond donors (Lipinski definition) is 0. The molecule has 2 heterocycles. The minimum absolute atomic E-state index is 0.554. The summed E-state index contributed by atoms with van der Waals surface area (Å²) in [5, 5.41) is 2.27. The second-order valence-electron chi connectivity index (χ2n) is 14.8. The van der Waals surface area contributed by atoms with Crippen LogP contribution in [0.3, 0.4) is 0 Å². The molecule has 2 aliphatic rings. The molecule has 2 aromatic heterocycles. The van der Waals surface area contributed by atoms with Crippen molar-refractivity contribution in [3.8, 4) is 67.3 Å². The highest BCUT2D eigenvalue weighted by Gasteiger charge is 2.53. The molecule has 0 fully saturated rings. The van der Waals surface area contributed by atoms with E-state index in [2.05, 4.69) is 182 Å². The number of nitrogens with zero attached hydrogens (tertiary/aromatic N) is 2. The summed E-state index contributed by atoms with van der Waals surface area (Å²) in [7, 11) is 0.